The normalized spacial score (nSPS) is 23.1. The maximum absolute atomic E-state index is 12.4. The first-order chi connectivity index (χ1) is 13.0. The van der Waals surface area contributed by atoms with E-state index in [9.17, 15) is 9.59 Å². The van der Waals surface area contributed by atoms with Crippen LogP contribution in [0.4, 0.5) is 5.69 Å². The largest absolute Gasteiger partial charge is 0.378 e. The molecule has 0 unspecified atom stereocenters. The standard InChI is InChI=1S/C20H30N4O3/c1-16-4-3-5-17(2)20(16)21-18(25)14-22-6-8-23(9-7-22)15-19(26)24-10-12-27-13-11-24/h3-5H,6-15H2,1-2H3,(H,21,25)/p+2. The van der Waals surface area contributed by atoms with Gasteiger partial charge in [0.05, 0.1) is 13.2 Å². The Morgan fingerprint density at radius 1 is 1.00 bits per heavy atom. The molecule has 27 heavy (non-hydrogen) atoms. The number of rotatable bonds is 5. The Kier molecular flexibility index (Phi) is 6.82. The smallest absolute Gasteiger partial charge is 0.279 e. The van der Waals surface area contributed by atoms with E-state index in [2.05, 4.69) is 5.32 Å². The minimum atomic E-state index is 0.0650. The van der Waals surface area contributed by atoms with Crippen LogP contribution in [-0.4, -0.2) is 82.3 Å². The zero-order valence-electron chi connectivity index (χ0n) is 16.5. The number of morpholine rings is 1. The molecule has 2 fully saturated rings. The molecule has 7 nitrogen and oxygen atoms in total. The summed E-state index contributed by atoms with van der Waals surface area (Å²) in [5.74, 6) is 0.291. The zero-order chi connectivity index (χ0) is 19.2. The number of carbonyl (C=O) groups excluding carboxylic acids is 2. The second kappa shape index (κ2) is 9.30. The van der Waals surface area contributed by atoms with Crippen molar-refractivity contribution in [3.05, 3.63) is 29.3 Å². The highest BCUT2D eigenvalue weighted by Gasteiger charge is 2.28. The van der Waals surface area contributed by atoms with Crippen LogP contribution in [0.25, 0.3) is 0 Å². The zero-order valence-corrected chi connectivity index (χ0v) is 16.5. The van der Waals surface area contributed by atoms with Crippen LogP contribution in [0.2, 0.25) is 0 Å². The summed E-state index contributed by atoms with van der Waals surface area (Å²) in [5, 5.41) is 3.07. The van der Waals surface area contributed by atoms with Crippen LogP contribution in [0, 0.1) is 13.8 Å². The lowest BCUT2D eigenvalue weighted by atomic mass is 10.1. The maximum atomic E-state index is 12.4. The molecule has 0 aromatic heterocycles. The Morgan fingerprint density at radius 3 is 2.15 bits per heavy atom. The third kappa shape index (κ3) is 5.51. The average molecular weight is 377 g/mol. The predicted molar refractivity (Wildman–Crippen MR) is 103 cm³/mol. The van der Waals surface area contributed by atoms with E-state index < -0.39 is 0 Å². The number of hydrogen-bond acceptors (Lipinski definition) is 3. The summed E-state index contributed by atoms with van der Waals surface area (Å²) in [5.41, 5.74) is 3.12. The molecule has 2 aliphatic rings. The van der Waals surface area contributed by atoms with E-state index in [1.54, 1.807) is 0 Å². The van der Waals surface area contributed by atoms with Gasteiger partial charge in [-0.15, -0.1) is 0 Å². The summed E-state index contributed by atoms with van der Waals surface area (Å²) in [6, 6.07) is 6.04. The maximum Gasteiger partial charge on any atom is 0.279 e. The molecule has 1 aromatic rings. The third-order valence-electron chi connectivity index (χ3n) is 5.59. The van der Waals surface area contributed by atoms with Crippen LogP contribution in [0.15, 0.2) is 18.2 Å². The highest BCUT2D eigenvalue weighted by molar-refractivity contribution is 5.93. The first kappa shape index (κ1) is 19.8. The highest BCUT2D eigenvalue weighted by Crippen LogP contribution is 2.18. The number of piperazine rings is 1. The van der Waals surface area contributed by atoms with Crippen molar-refractivity contribution < 1.29 is 24.1 Å². The fourth-order valence-electron chi connectivity index (χ4n) is 3.87. The predicted octanol–water partition coefficient (Wildman–Crippen LogP) is -2.12. The van der Waals surface area contributed by atoms with Crippen molar-refractivity contribution in [1.82, 2.24) is 4.90 Å². The van der Waals surface area contributed by atoms with E-state index in [4.69, 9.17) is 4.74 Å². The van der Waals surface area contributed by atoms with Gasteiger partial charge in [0, 0.05) is 18.8 Å². The summed E-state index contributed by atoms with van der Waals surface area (Å²) in [6.45, 7) is 11.5. The fourth-order valence-corrected chi connectivity index (χ4v) is 3.87. The molecule has 2 saturated heterocycles. The number of hydrogen-bond donors (Lipinski definition) is 3. The van der Waals surface area contributed by atoms with Crippen molar-refractivity contribution in [1.29, 1.82) is 0 Å². The van der Waals surface area contributed by atoms with Gasteiger partial charge in [-0.1, -0.05) is 18.2 Å². The molecule has 3 N–H and O–H groups in total. The van der Waals surface area contributed by atoms with Crippen molar-refractivity contribution in [2.75, 3.05) is 70.9 Å². The summed E-state index contributed by atoms with van der Waals surface area (Å²) in [7, 11) is 0. The number of quaternary nitrogens is 2. The van der Waals surface area contributed by atoms with Crippen LogP contribution in [0.5, 0.6) is 0 Å². The monoisotopic (exact) mass is 376 g/mol. The van der Waals surface area contributed by atoms with Crippen molar-refractivity contribution in [2.45, 2.75) is 13.8 Å². The van der Waals surface area contributed by atoms with Gasteiger partial charge in [0.15, 0.2) is 13.1 Å². The molecule has 0 aliphatic carbocycles. The van der Waals surface area contributed by atoms with Crippen molar-refractivity contribution >= 4 is 17.5 Å². The van der Waals surface area contributed by atoms with E-state index in [0.717, 1.165) is 43.0 Å². The number of aryl methyl sites for hydroxylation is 2. The molecule has 0 radical (unpaired) electrons. The molecule has 148 valence electrons. The Bertz CT molecular complexity index is 645. The Balaban J connectivity index is 1.41. The van der Waals surface area contributed by atoms with Gasteiger partial charge in [-0.2, -0.15) is 0 Å². The Labute approximate surface area is 161 Å². The Hall–Kier alpha value is -1.96. The molecule has 0 saturated carbocycles. The molecule has 3 rings (SSSR count). The number of anilines is 1. The Morgan fingerprint density at radius 2 is 1.56 bits per heavy atom. The molecular formula is C20H32N4O3+2. The van der Waals surface area contributed by atoms with Crippen LogP contribution in [0.1, 0.15) is 11.1 Å². The van der Waals surface area contributed by atoms with Crippen LogP contribution < -0.4 is 15.1 Å². The van der Waals surface area contributed by atoms with Gasteiger partial charge in [0.1, 0.15) is 26.2 Å². The van der Waals surface area contributed by atoms with Crippen LogP contribution in [-0.2, 0) is 14.3 Å². The molecule has 2 amide bonds. The quantitative estimate of drug-likeness (QED) is 0.551. The molecule has 0 spiro atoms. The van der Waals surface area contributed by atoms with E-state index in [-0.39, 0.29) is 11.8 Å². The fraction of sp³-hybridized carbons (Fsp3) is 0.600. The first-order valence-corrected chi connectivity index (χ1v) is 9.91. The summed E-state index contributed by atoms with van der Waals surface area (Å²) in [6.07, 6.45) is 0. The van der Waals surface area contributed by atoms with E-state index in [0.29, 0.717) is 39.4 Å². The number of benzene rings is 1. The second-order valence-corrected chi connectivity index (χ2v) is 7.66. The molecule has 1 aromatic carbocycles. The molecular weight excluding hydrogens is 344 g/mol. The number of nitrogens with one attached hydrogen (secondary N) is 3. The summed E-state index contributed by atoms with van der Waals surface area (Å²) >= 11 is 0. The molecule has 0 atom stereocenters. The highest BCUT2D eigenvalue weighted by atomic mass is 16.5. The molecule has 7 heteroatoms. The first-order valence-electron chi connectivity index (χ1n) is 9.91. The average Bonchev–Trinajstić information content (AvgIpc) is 2.67. The van der Waals surface area contributed by atoms with E-state index in [1.807, 2.05) is 36.9 Å². The van der Waals surface area contributed by atoms with Crippen molar-refractivity contribution in [2.24, 2.45) is 0 Å². The minimum Gasteiger partial charge on any atom is -0.378 e. The van der Waals surface area contributed by atoms with Gasteiger partial charge >= 0.3 is 0 Å². The molecule has 2 heterocycles. The lowest BCUT2D eigenvalue weighted by molar-refractivity contribution is -1.00. The van der Waals surface area contributed by atoms with Gasteiger partial charge in [-0.25, -0.2) is 0 Å². The topological polar surface area (TPSA) is 67.5 Å². The van der Waals surface area contributed by atoms with E-state index in [1.165, 1.54) is 9.80 Å². The van der Waals surface area contributed by atoms with Crippen molar-refractivity contribution in [3.63, 3.8) is 0 Å². The third-order valence-corrected chi connectivity index (χ3v) is 5.59. The lowest BCUT2D eigenvalue weighted by Crippen LogP contribution is -3.28. The van der Waals surface area contributed by atoms with Gasteiger partial charge in [-0.05, 0) is 25.0 Å². The number of carbonyl (C=O) groups is 2. The van der Waals surface area contributed by atoms with Gasteiger partial charge in [-0.3, -0.25) is 9.59 Å². The number of nitrogens with zero attached hydrogens (tertiary/aromatic N) is 1. The molecule has 0 bridgehead atoms. The van der Waals surface area contributed by atoms with E-state index >= 15 is 0 Å². The van der Waals surface area contributed by atoms with Crippen molar-refractivity contribution in [3.8, 4) is 0 Å². The van der Waals surface area contributed by atoms with Gasteiger partial charge in [0.25, 0.3) is 11.8 Å². The van der Waals surface area contributed by atoms with Crippen LogP contribution >= 0.6 is 0 Å². The second-order valence-electron chi connectivity index (χ2n) is 7.66. The van der Waals surface area contributed by atoms with Gasteiger partial charge < -0.3 is 24.8 Å². The number of para-hydroxylation sites is 1. The van der Waals surface area contributed by atoms with Crippen LogP contribution in [0.3, 0.4) is 0 Å². The lowest BCUT2D eigenvalue weighted by Gasteiger charge is -2.32. The number of amides is 2. The minimum absolute atomic E-state index is 0.0650. The molecule has 2 aliphatic heterocycles. The summed E-state index contributed by atoms with van der Waals surface area (Å²) < 4.78 is 5.31. The summed E-state index contributed by atoms with van der Waals surface area (Å²) in [4.78, 5) is 29.3. The SMILES string of the molecule is Cc1cccc(C)c1NC(=O)C[NH+]1CC[NH+](CC(=O)N2CCOCC2)CC1. The van der Waals surface area contributed by atoms with Gasteiger partial charge in [0.2, 0.25) is 0 Å². The number of ether oxygens (including phenoxy) is 1.